The van der Waals surface area contributed by atoms with Gasteiger partial charge >= 0.3 is 6.09 Å². The van der Waals surface area contributed by atoms with Gasteiger partial charge in [-0.05, 0) is 12.1 Å². The molecule has 1 aromatic carbocycles. The van der Waals surface area contributed by atoms with E-state index in [9.17, 15) is 4.79 Å². The predicted molar refractivity (Wildman–Crippen MR) is 52.5 cm³/mol. The van der Waals surface area contributed by atoms with E-state index in [2.05, 4.69) is 10.5 Å². The molecule has 5 heteroatoms. The molecular weight excluding hydrogens is 204 g/mol. The normalized spacial score (nSPS) is 15.5. The summed E-state index contributed by atoms with van der Waals surface area (Å²) in [7, 11) is 0. The van der Waals surface area contributed by atoms with Crippen LogP contribution >= 0.6 is 11.6 Å². The lowest BCUT2D eigenvalue weighted by atomic mass is 10.1. The Hall–Kier alpha value is -1.55. The Balaban J connectivity index is 2.27. The van der Waals surface area contributed by atoms with Gasteiger partial charge in [-0.15, -0.1) is 0 Å². The van der Waals surface area contributed by atoms with Crippen molar-refractivity contribution in [3.8, 4) is 0 Å². The summed E-state index contributed by atoms with van der Waals surface area (Å²) in [6.07, 6.45) is -0.532. The number of hydrogen-bond donors (Lipinski definition) is 1. The van der Waals surface area contributed by atoms with Gasteiger partial charge < -0.3 is 4.74 Å². The zero-order valence-electron chi connectivity index (χ0n) is 7.16. The monoisotopic (exact) mass is 210 g/mol. The van der Waals surface area contributed by atoms with Crippen LogP contribution < -0.4 is 5.43 Å². The van der Waals surface area contributed by atoms with Crippen molar-refractivity contribution < 1.29 is 9.53 Å². The van der Waals surface area contributed by atoms with Crippen molar-refractivity contribution in [2.45, 2.75) is 0 Å². The van der Waals surface area contributed by atoms with Gasteiger partial charge in [0, 0.05) is 10.6 Å². The molecule has 1 aliphatic heterocycles. The van der Waals surface area contributed by atoms with Crippen molar-refractivity contribution in [3.05, 3.63) is 34.9 Å². The first-order valence-corrected chi connectivity index (χ1v) is 4.39. The fourth-order valence-corrected chi connectivity index (χ4v) is 1.32. The Morgan fingerprint density at radius 3 is 3.00 bits per heavy atom. The Labute approximate surface area is 85.5 Å². The van der Waals surface area contributed by atoms with Crippen LogP contribution in [-0.2, 0) is 4.74 Å². The van der Waals surface area contributed by atoms with Gasteiger partial charge in [0.05, 0.1) is 0 Å². The Morgan fingerprint density at radius 1 is 1.50 bits per heavy atom. The van der Waals surface area contributed by atoms with Gasteiger partial charge in [-0.25, -0.2) is 10.2 Å². The molecule has 72 valence electrons. The largest absolute Gasteiger partial charge is 0.442 e. The number of nitrogens with zero attached hydrogens (tertiary/aromatic N) is 1. The summed E-state index contributed by atoms with van der Waals surface area (Å²) in [5.41, 5.74) is 3.74. The predicted octanol–water partition coefficient (Wildman–Crippen LogP) is 1.78. The maximum atomic E-state index is 10.6. The number of ether oxygens (including phenoxy) is 1. The van der Waals surface area contributed by atoms with Gasteiger partial charge in [0.25, 0.3) is 0 Å². The summed E-state index contributed by atoms with van der Waals surface area (Å²) >= 11 is 5.81. The molecule has 1 aliphatic rings. The molecule has 0 radical (unpaired) electrons. The third-order valence-electron chi connectivity index (χ3n) is 1.78. The molecular formula is C9H7ClN2O2. The average Bonchev–Trinajstić information content (AvgIpc) is 2.19. The summed E-state index contributed by atoms with van der Waals surface area (Å²) < 4.78 is 4.76. The number of carbonyl (C=O) groups excluding carboxylic acids is 1. The van der Waals surface area contributed by atoms with Crippen molar-refractivity contribution in [2.24, 2.45) is 5.10 Å². The van der Waals surface area contributed by atoms with Crippen molar-refractivity contribution in [1.29, 1.82) is 0 Å². The molecule has 0 atom stereocenters. The van der Waals surface area contributed by atoms with Crippen LogP contribution in [0.5, 0.6) is 0 Å². The number of amides is 1. The first-order valence-electron chi connectivity index (χ1n) is 4.01. The first kappa shape index (κ1) is 9.02. The van der Waals surface area contributed by atoms with E-state index in [0.29, 0.717) is 10.7 Å². The zero-order chi connectivity index (χ0) is 9.97. The van der Waals surface area contributed by atoms with Gasteiger partial charge in [0.15, 0.2) is 0 Å². The van der Waals surface area contributed by atoms with Crippen LogP contribution in [0.3, 0.4) is 0 Å². The lowest BCUT2D eigenvalue weighted by molar-refractivity contribution is 0.157. The summed E-state index contributed by atoms with van der Waals surface area (Å²) in [6.45, 7) is 0.173. The molecule has 0 bridgehead atoms. The smallest absolute Gasteiger partial charge is 0.428 e. The molecule has 2 rings (SSSR count). The minimum Gasteiger partial charge on any atom is -0.442 e. The maximum absolute atomic E-state index is 10.6. The molecule has 0 unspecified atom stereocenters. The van der Waals surface area contributed by atoms with Crippen LogP contribution in [0, 0.1) is 0 Å². The highest BCUT2D eigenvalue weighted by molar-refractivity contribution is 6.31. The molecule has 1 heterocycles. The second-order valence-corrected chi connectivity index (χ2v) is 3.19. The minimum absolute atomic E-state index is 0.173. The molecule has 1 N–H and O–H groups in total. The number of halogens is 1. The lowest BCUT2D eigenvalue weighted by Crippen LogP contribution is -2.30. The Bertz CT molecular complexity index is 404. The van der Waals surface area contributed by atoms with Crippen molar-refractivity contribution in [2.75, 3.05) is 6.61 Å². The average molecular weight is 211 g/mol. The van der Waals surface area contributed by atoms with Gasteiger partial charge in [0.2, 0.25) is 0 Å². The van der Waals surface area contributed by atoms with Crippen molar-refractivity contribution in [1.82, 2.24) is 5.43 Å². The number of carbonyl (C=O) groups is 1. The van der Waals surface area contributed by atoms with Crippen LogP contribution in [0.15, 0.2) is 29.4 Å². The third kappa shape index (κ3) is 1.85. The summed E-state index contributed by atoms with van der Waals surface area (Å²) in [5, 5.41) is 4.48. The summed E-state index contributed by atoms with van der Waals surface area (Å²) in [5.74, 6) is 0. The number of nitrogens with one attached hydrogen (secondary N) is 1. The number of cyclic esters (lactones) is 1. The zero-order valence-corrected chi connectivity index (χ0v) is 7.91. The number of rotatable bonds is 1. The van der Waals surface area contributed by atoms with E-state index in [1.165, 1.54) is 0 Å². The van der Waals surface area contributed by atoms with Gasteiger partial charge in [0.1, 0.15) is 12.3 Å². The van der Waals surface area contributed by atoms with Crippen LogP contribution in [0.4, 0.5) is 4.79 Å². The fourth-order valence-electron chi connectivity index (χ4n) is 1.13. The van der Waals surface area contributed by atoms with Crippen LogP contribution in [-0.4, -0.2) is 18.4 Å². The van der Waals surface area contributed by atoms with Crippen LogP contribution in [0.1, 0.15) is 5.56 Å². The fraction of sp³-hybridized carbons (Fsp3) is 0.111. The highest BCUT2D eigenvalue weighted by Crippen LogP contribution is 2.12. The van der Waals surface area contributed by atoms with Crippen LogP contribution in [0.25, 0.3) is 0 Å². The van der Waals surface area contributed by atoms with Crippen molar-refractivity contribution in [3.63, 3.8) is 0 Å². The lowest BCUT2D eigenvalue weighted by Gasteiger charge is -2.12. The minimum atomic E-state index is -0.532. The van der Waals surface area contributed by atoms with Crippen molar-refractivity contribution >= 4 is 23.4 Å². The second-order valence-electron chi connectivity index (χ2n) is 2.76. The maximum Gasteiger partial charge on any atom is 0.428 e. The third-order valence-corrected chi connectivity index (χ3v) is 2.02. The van der Waals surface area contributed by atoms with E-state index in [-0.39, 0.29) is 6.61 Å². The highest BCUT2D eigenvalue weighted by atomic mass is 35.5. The quantitative estimate of drug-likeness (QED) is 0.768. The molecule has 1 amide bonds. The molecule has 4 nitrogen and oxygen atoms in total. The number of hydrogen-bond acceptors (Lipinski definition) is 3. The van der Waals surface area contributed by atoms with E-state index in [4.69, 9.17) is 16.3 Å². The molecule has 0 saturated carbocycles. The number of benzene rings is 1. The molecule has 0 aliphatic carbocycles. The van der Waals surface area contributed by atoms with Gasteiger partial charge in [-0.2, -0.15) is 5.10 Å². The van der Waals surface area contributed by atoms with Gasteiger partial charge in [-0.1, -0.05) is 23.7 Å². The molecule has 1 aromatic rings. The standard InChI is InChI=1S/C9H7ClN2O2/c10-7-3-1-2-6(4-7)8-5-14-9(13)12-11-8/h1-4H,5H2,(H,12,13). The van der Waals surface area contributed by atoms with E-state index >= 15 is 0 Å². The van der Waals surface area contributed by atoms with E-state index in [1.54, 1.807) is 12.1 Å². The van der Waals surface area contributed by atoms with E-state index in [0.717, 1.165) is 5.56 Å². The topological polar surface area (TPSA) is 50.7 Å². The molecule has 0 fully saturated rings. The number of hydrazone groups is 1. The Morgan fingerprint density at radius 2 is 2.36 bits per heavy atom. The second kappa shape index (κ2) is 3.67. The molecule has 0 saturated heterocycles. The summed E-state index contributed by atoms with van der Waals surface area (Å²) in [4.78, 5) is 10.6. The Kier molecular flexibility index (Phi) is 2.37. The van der Waals surface area contributed by atoms with Gasteiger partial charge in [-0.3, -0.25) is 0 Å². The summed E-state index contributed by atoms with van der Waals surface area (Å²) in [6, 6.07) is 7.21. The molecule has 0 spiro atoms. The van der Waals surface area contributed by atoms with E-state index in [1.807, 2.05) is 12.1 Å². The highest BCUT2D eigenvalue weighted by Gasteiger charge is 2.13. The molecule has 14 heavy (non-hydrogen) atoms. The van der Waals surface area contributed by atoms with E-state index < -0.39 is 6.09 Å². The molecule has 0 aromatic heterocycles. The first-order chi connectivity index (χ1) is 6.75. The SMILES string of the molecule is O=C1NN=C(c2cccc(Cl)c2)CO1. The van der Waals surface area contributed by atoms with Crippen LogP contribution in [0.2, 0.25) is 5.02 Å².